The Morgan fingerprint density at radius 2 is 0.873 bits per heavy atom. The van der Waals surface area contributed by atoms with Gasteiger partial charge in [-0.3, -0.25) is 47.9 Å². The average Bonchev–Trinajstić information content (AvgIpc) is 0.735. The number of benzene rings is 5. The Labute approximate surface area is 784 Å². The van der Waals surface area contributed by atoms with Crippen LogP contribution < -0.4 is 15.8 Å². The number of aliphatic hydroxyl groups is 4. The minimum absolute atomic E-state index is 0. The number of halogens is 1. The van der Waals surface area contributed by atoms with Gasteiger partial charge in [0.15, 0.2) is 41.1 Å². The molecule has 2 amide bonds. The minimum Gasteiger partial charge on any atom is -0.457 e. The molecule has 5 aromatic carbocycles. The van der Waals surface area contributed by atoms with Gasteiger partial charge in [0.2, 0.25) is 8.32 Å². The van der Waals surface area contributed by atoms with Crippen LogP contribution in [0.1, 0.15) is 192 Å². The Balaban J connectivity index is 0.000000228. The molecule has 6 aliphatic carbocycles. The van der Waals surface area contributed by atoms with E-state index in [0.717, 1.165) is 12.1 Å². The van der Waals surface area contributed by atoms with Crippen LogP contribution >= 0.6 is 22.7 Å². The van der Waals surface area contributed by atoms with E-state index in [1.165, 1.54) is 62.5 Å². The van der Waals surface area contributed by atoms with Gasteiger partial charge in [0, 0.05) is 84.1 Å². The molecule has 4 bridgehead atoms. The van der Waals surface area contributed by atoms with Crippen molar-refractivity contribution in [3.63, 3.8) is 0 Å². The minimum atomic E-state index is -2.98. The molecule has 2 saturated heterocycles. The molecule has 6 N–H and O–H groups in total. The van der Waals surface area contributed by atoms with Gasteiger partial charge in [0.1, 0.15) is 53.9 Å². The standard InChI is InChI=1S/C55H63NO13SSi.C46H51NO14S.FH/c1-10-42(58)66-45-43-32(2)38(65-50(61)33(3)44(39-27-20-28-70-39)56-49(60)35-21-14-11-15-22-35)30-55(63,52(43,5)6)48(67-51(62)36-23-16-12-17-24-36)46-53(7,47(45)59)40(29-41-54(46,31-64-41)68-34(4)57)69-71(8,9)37-25-18-13-19-26-37;1-7-32(50)59-36-33-24(2)28(58-42(55)35(51)34(29-19-14-20-62-29)47-40(53)26-15-10-8-11-16-26)22-46(56,43(33,4)5)39(60-41(54)27-17-12-9-13-18-27)37-44(6,38(36)52)30(49)21-31-45(37,23-57-31)61-25(3)48;/h11-28,33,38,40-41,44-46,48,63H,10,29-31H2,1-9H3,(H,56,60);8-20,28,30-31,34-37,39,49,51,56H,7,21-23H2,1-6H3,(H,47,53);1H/t33-,38+,40+,41-,44-,45-,46?,48+,53-,54+,55-;28-,30-,31+,34-,35+,36+,37?,39-,44+,45-,46+;/m10./s1. The molecule has 15 rings (SSSR count). The van der Waals surface area contributed by atoms with Gasteiger partial charge in [0.25, 0.3) is 11.8 Å². The molecule has 714 valence electrons. The zero-order valence-corrected chi connectivity index (χ0v) is 79.8. The predicted molar refractivity (Wildman–Crippen MR) is 488 cm³/mol. The monoisotopic (exact) mass is 1900 g/mol. The van der Waals surface area contributed by atoms with Crippen LogP contribution in [0.5, 0.6) is 0 Å². The van der Waals surface area contributed by atoms with Gasteiger partial charge in [-0.1, -0.05) is 157 Å². The number of rotatable bonds is 25. The molecular formula is C101H115FN2O27S2Si. The summed E-state index contributed by atoms with van der Waals surface area (Å²) in [6, 6.07) is 47.3. The third-order valence-electron chi connectivity index (χ3n) is 29.0. The lowest BCUT2D eigenvalue weighted by Crippen LogP contribution is -2.82. The van der Waals surface area contributed by atoms with Crippen LogP contribution in [0.2, 0.25) is 13.1 Å². The number of ketones is 2. The lowest BCUT2D eigenvalue weighted by atomic mass is 9.44. The van der Waals surface area contributed by atoms with Gasteiger partial charge in [0.05, 0.1) is 71.2 Å². The fourth-order valence-electron chi connectivity index (χ4n) is 21.6. The summed E-state index contributed by atoms with van der Waals surface area (Å²) in [5, 5.41) is 62.0. The predicted octanol–water partition coefficient (Wildman–Crippen LogP) is 11.9. The third-order valence-corrected chi connectivity index (χ3v) is 33.5. The van der Waals surface area contributed by atoms with Crippen molar-refractivity contribution >= 4 is 107 Å². The van der Waals surface area contributed by atoms with Gasteiger partial charge in [-0.15, -0.1) is 22.7 Å². The van der Waals surface area contributed by atoms with Crippen molar-refractivity contribution in [2.24, 2.45) is 39.4 Å². The lowest BCUT2D eigenvalue weighted by Gasteiger charge is -2.68. The molecule has 0 radical (unpaired) electrons. The lowest BCUT2D eigenvalue weighted by molar-refractivity contribution is -0.346. The Bertz CT molecular complexity index is 5650. The Morgan fingerprint density at radius 3 is 1.26 bits per heavy atom. The maximum Gasteiger partial charge on any atom is 0.338 e. The number of nitrogens with one attached hydrogen (secondary N) is 2. The summed E-state index contributed by atoms with van der Waals surface area (Å²) in [4.78, 5) is 172. The summed E-state index contributed by atoms with van der Waals surface area (Å²) < 4.78 is 70.0. The second-order valence-electron chi connectivity index (χ2n) is 37.7. The van der Waals surface area contributed by atoms with E-state index in [-0.39, 0.29) is 77.0 Å². The van der Waals surface area contributed by atoms with Crippen LogP contribution in [0.25, 0.3) is 0 Å². The van der Waals surface area contributed by atoms with Crippen LogP contribution in [0.15, 0.2) is 209 Å². The molecule has 0 spiro atoms. The second kappa shape index (κ2) is 38.9. The molecule has 134 heavy (non-hydrogen) atoms. The first-order valence-electron chi connectivity index (χ1n) is 44.7. The van der Waals surface area contributed by atoms with Crippen molar-refractivity contribution in [2.75, 3.05) is 13.2 Å². The highest BCUT2D eigenvalue weighted by molar-refractivity contribution is 7.10. The van der Waals surface area contributed by atoms with Gasteiger partial charge >= 0.3 is 47.8 Å². The zero-order valence-electron chi connectivity index (χ0n) is 77.2. The van der Waals surface area contributed by atoms with Crippen molar-refractivity contribution < 1.29 is 134 Å². The van der Waals surface area contributed by atoms with E-state index in [0.29, 0.717) is 20.9 Å². The normalized spacial score (nSPS) is 30.4. The van der Waals surface area contributed by atoms with E-state index < -0.39 is 233 Å². The fourth-order valence-corrected chi connectivity index (χ4v) is 25.5. The molecule has 22 atom stereocenters. The summed E-state index contributed by atoms with van der Waals surface area (Å²) in [6.07, 6.45) is -17.8. The molecule has 6 fully saturated rings. The molecule has 7 aromatic rings. The van der Waals surface area contributed by atoms with E-state index in [1.807, 2.05) is 60.9 Å². The molecule has 33 heteroatoms. The first kappa shape index (κ1) is 100. The maximum absolute atomic E-state index is 16.5. The van der Waals surface area contributed by atoms with Crippen LogP contribution in [0.3, 0.4) is 0 Å². The summed E-state index contributed by atoms with van der Waals surface area (Å²) in [5.41, 5.74) is -13.7. The number of carbonyl (C=O) groups excluding carboxylic acids is 12. The van der Waals surface area contributed by atoms with E-state index in [1.54, 1.807) is 182 Å². The third kappa shape index (κ3) is 17.9. The van der Waals surface area contributed by atoms with Gasteiger partial charge < -0.3 is 82.9 Å². The second-order valence-corrected chi connectivity index (χ2v) is 43.5. The molecule has 29 nitrogen and oxygen atoms in total. The van der Waals surface area contributed by atoms with Crippen molar-refractivity contribution in [1.82, 2.24) is 10.6 Å². The molecule has 4 heterocycles. The number of ether oxygens (including phenoxy) is 10. The molecular weight excluding hydrogens is 1780 g/mol. The number of carbonyl (C=O) groups is 12. The maximum atomic E-state index is 16.5. The largest absolute Gasteiger partial charge is 0.457 e. The molecule has 2 unspecified atom stereocenters. The summed E-state index contributed by atoms with van der Waals surface area (Å²) in [6.45, 7) is 23.4. The summed E-state index contributed by atoms with van der Waals surface area (Å²) in [7, 11) is -2.98. The van der Waals surface area contributed by atoms with Crippen LogP contribution in [0.4, 0.5) is 4.70 Å². The van der Waals surface area contributed by atoms with Crippen molar-refractivity contribution in [2.45, 2.75) is 243 Å². The van der Waals surface area contributed by atoms with E-state index >= 15 is 9.59 Å². The number of hydrogen-bond donors (Lipinski definition) is 6. The SMILES string of the molecule is CCC(=O)O[C@H]1C(=O)[C@@]2(C)C([C@H](OC(=O)c3ccccc3)[C@]3(O)C[C@H](OC(=O)[C@H](C)[C@@H](NC(=O)c4ccccc4)c4cccs4)C(C)=C1C3(C)C)[C@]1(OC(C)=O)CO[C@@H]1C[C@@H]2O[Si](C)(C)c1ccccc1.CCC(=O)O[C@H]1C(=O)[C@@]2(C)C([C@H](OC(=O)c3ccccc3)[C@]3(O)C[C@H](OC(=O)[C@H](O)[C@@H](NC(=O)c4ccccc4)c4cccs4)C(C)=C1C3(C)C)[C@]1(OC(C)=O)CO[C@@H]1C[C@@H]2O.F. The highest BCUT2D eigenvalue weighted by Crippen LogP contribution is 2.68. The molecule has 4 saturated carbocycles. The van der Waals surface area contributed by atoms with Crippen molar-refractivity contribution in [3.05, 3.63) is 241 Å². The van der Waals surface area contributed by atoms with Crippen molar-refractivity contribution in [1.29, 1.82) is 0 Å². The highest BCUT2D eigenvalue weighted by atomic mass is 32.1. The van der Waals surface area contributed by atoms with Crippen LogP contribution in [0, 0.1) is 39.4 Å². The fraction of sp³-hybridized carbons (Fsp3) is 0.465. The number of thiophene rings is 2. The van der Waals surface area contributed by atoms with E-state index in [4.69, 9.17) is 51.8 Å². The van der Waals surface area contributed by atoms with Crippen molar-refractivity contribution in [3.8, 4) is 0 Å². The quantitative estimate of drug-likeness (QED) is 0.0134. The number of esters is 8. The van der Waals surface area contributed by atoms with Gasteiger partial charge in [-0.05, 0) is 147 Å². The Morgan fingerprint density at radius 1 is 0.500 bits per heavy atom. The Kier molecular flexibility index (Phi) is 29.2. The smallest absolute Gasteiger partial charge is 0.338 e. The number of amides is 2. The van der Waals surface area contributed by atoms with Gasteiger partial charge in [-0.25, -0.2) is 14.4 Å². The zero-order chi connectivity index (χ0) is 96.2. The first-order valence-corrected chi connectivity index (χ1v) is 49.4. The summed E-state index contributed by atoms with van der Waals surface area (Å²) >= 11 is 2.53. The average molecular weight is 1900 g/mol. The topological polar surface area (TPSA) is 411 Å². The van der Waals surface area contributed by atoms with E-state index in [2.05, 4.69) is 10.6 Å². The van der Waals surface area contributed by atoms with Gasteiger partial charge in [-0.2, -0.15) is 0 Å². The van der Waals surface area contributed by atoms with Crippen LogP contribution in [-0.2, 0) is 90.2 Å². The molecule has 2 aliphatic heterocycles. The first-order chi connectivity index (χ1) is 62.9. The van der Waals surface area contributed by atoms with E-state index in [9.17, 15) is 68.4 Å². The van der Waals surface area contributed by atoms with Crippen LogP contribution in [-0.4, -0.2) is 203 Å². The number of fused-ring (bicyclic) bond motifs is 10. The molecule has 2 aromatic heterocycles. The number of aliphatic hydroxyl groups excluding tert-OH is 2. The highest BCUT2D eigenvalue weighted by Gasteiger charge is 2.81. The Hall–Kier alpha value is -11.1. The number of hydrogen-bond acceptors (Lipinski definition) is 29. The summed E-state index contributed by atoms with van der Waals surface area (Å²) in [5.74, 6) is -13.2. The number of Topliss-reactive ketones (excluding diaryl/α,β-unsaturated/α-hetero) is 2. The molecule has 8 aliphatic rings.